The summed E-state index contributed by atoms with van der Waals surface area (Å²) in [6.07, 6.45) is 2.76. The van der Waals surface area contributed by atoms with Crippen molar-refractivity contribution in [3.63, 3.8) is 0 Å². The second-order valence-corrected chi connectivity index (χ2v) is 7.30. The highest BCUT2D eigenvalue weighted by molar-refractivity contribution is 6.30. The van der Waals surface area contributed by atoms with E-state index >= 15 is 0 Å². The molecule has 1 aromatic carbocycles. The zero-order valence-corrected chi connectivity index (χ0v) is 13.9. The number of halogens is 1. The van der Waals surface area contributed by atoms with E-state index in [1.165, 1.54) is 30.6 Å². The second-order valence-electron chi connectivity index (χ2n) is 6.86. The molecule has 1 saturated carbocycles. The van der Waals surface area contributed by atoms with Crippen molar-refractivity contribution in [3.05, 3.63) is 28.8 Å². The minimum Gasteiger partial charge on any atom is -0.371 e. The summed E-state index contributed by atoms with van der Waals surface area (Å²) < 4.78 is 0. The Labute approximate surface area is 128 Å². The summed E-state index contributed by atoms with van der Waals surface area (Å²) in [5.74, 6) is 0.886. The van der Waals surface area contributed by atoms with Crippen molar-refractivity contribution < 1.29 is 0 Å². The Morgan fingerprint density at radius 3 is 2.55 bits per heavy atom. The van der Waals surface area contributed by atoms with E-state index in [0.717, 1.165) is 24.0 Å². The Balaban J connectivity index is 2.17. The molecule has 1 aliphatic carbocycles. The Morgan fingerprint density at radius 1 is 1.30 bits per heavy atom. The van der Waals surface area contributed by atoms with E-state index < -0.39 is 0 Å². The van der Waals surface area contributed by atoms with E-state index in [0.29, 0.717) is 0 Å². The van der Waals surface area contributed by atoms with Gasteiger partial charge in [-0.1, -0.05) is 17.7 Å². The van der Waals surface area contributed by atoms with Gasteiger partial charge in [-0.2, -0.15) is 0 Å². The Hall–Kier alpha value is -0.730. The van der Waals surface area contributed by atoms with Crippen molar-refractivity contribution in [1.29, 1.82) is 0 Å². The lowest BCUT2D eigenvalue weighted by atomic mass is 10.1. The van der Waals surface area contributed by atoms with E-state index in [2.05, 4.69) is 50.0 Å². The molecule has 0 aromatic heterocycles. The van der Waals surface area contributed by atoms with Crippen LogP contribution in [-0.4, -0.2) is 18.6 Å². The zero-order chi connectivity index (χ0) is 14.8. The Bertz CT molecular complexity index is 447. The van der Waals surface area contributed by atoms with Gasteiger partial charge in [0.2, 0.25) is 0 Å². The number of benzene rings is 1. The number of hydrogen-bond acceptors (Lipinski definition) is 2. The third-order valence-corrected chi connectivity index (χ3v) is 3.99. The smallest absolute Gasteiger partial charge is 0.0426 e. The van der Waals surface area contributed by atoms with Gasteiger partial charge in [0.15, 0.2) is 0 Å². The maximum atomic E-state index is 6.21. The van der Waals surface area contributed by atoms with Crippen LogP contribution in [0, 0.1) is 5.92 Å². The highest BCUT2D eigenvalue weighted by Crippen LogP contribution is 2.33. The van der Waals surface area contributed by atoms with Crippen molar-refractivity contribution in [2.24, 2.45) is 5.92 Å². The molecule has 0 aliphatic heterocycles. The lowest BCUT2D eigenvalue weighted by Crippen LogP contribution is -2.36. The topological polar surface area (TPSA) is 15.3 Å². The van der Waals surface area contributed by atoms with Crippen LogP contribution in [0.4, 0.5) is 5.69 Å². The first kappa shape index (κ1) is 15.7. The molecule has 0 heterocycles. The van der Waals surface area contributed by atoms with Crippen molar-refractivity contribution in [3.8, 4) is 0 Å². The quantitative estimate of drug-likeness (QED) is 0.833. The fourth-order valence-corrected chi connectivity index (χ4v) is 2.52. The van der Waals surface area contributed by atoms with E-state index in [1.54, 1.807) is 0 Å². The fraction of sp³-hybridized carbons (Fsp3) is 0.647. The van der Waals surface area contributed by atoms with Gasteiger partial charge in [-0.15, -0.1) is 0 Å². The summed E-state index contributed by atoms with van der Waals surface area (Å²) in [4.78, 5) is 2.48. The number of nitrogens with zero attached hydrogens (tertiary/aromatic N) is 1. The Morgan fingerprint density at radius 2 is 2.00 bits per heavy atom. The van der Waals surface area contributed by atoms with E-state index in [-0.39, 0.29) is 5.54 Å². The van der Waals surface area contributed by atoms with E-state index in [9.17, 15) is 0 Å². The van der Waals surface area contributed by atoms with Crippen molar-refractivity contribution in [1.82, 2.24) is 5.32 Å². The standard InChI is InChI=1S/C17H27ClN2/c1-5-20(12-13-6-7-13)16-10-15(18)9-8-14(16)11-19-17(2,3)4/h8-10,13,19H,5-7,11-12H2,1-4H3. The van der Waals surface area contributed by atoms with E-state index in [1.807, 2.05) is 6.07 Å². The summed E-state index contributed by atoms with van der Waals surface area (Å²) in [7, 11) is 0. The molecule has 0 spiro atoms. The number of anilines is 1. The van der Waals surface area contributed by atoms with Crippen molar-refractivity contribution in [2.45, 2.75) is 52.6 Å². The van der Waals surface area contributed by atoms with Crippen LogP contribution in [-0.2, 0) is 6.54 Å². The van der Waals surface area contributed by atoms with Crippen molar-refractivity contribution in [2.75, 3.05) is 18.0 Å². The lowest BCUT2D eigenvalue weighted by molar-refractivity contribution is 0.424. The molecule has 20 heavy (non-hydrogen) atoms. The molecule has 1 aromatic rings. The molecule has 0 atom stereocenters. The number of nitrogens with one attached hydrogen (secondary N) is 1. The normalized spacial score (nSPS) is 15.4. The maximum Gasteiger partial charge on any atom is 0.0426 e. The van der Waals surface area contributed by atoms with Gasteiger partial charge in [0.25, 0.3) is 0 Å². The largest absolute Gasteiger partial charge is 0.371 e. The fourth-order valence-electron chi connectivity index (χ4n) is 2.35. The third-order valence-electron chi connectivity index (χ3n) is 3.75. The molecule has 0 saturated heterocycles. The predicted octanol–water partition coefficient (Wildman–Crippen LogP) is 4.46. The molecule has 1 N–H and O–H groups in total. The van der Waals surface area contributed by atoms with Crippen LogP contribution >= 0.6 is 11.6 Å². The molecule has 1 aliphatic rings. The van der Waals surface area contributed by atoms with Crippen LogP contribution in [0.15, 0.2) is 18.2 Å². The molecule has 0 radical (unpaired) electrons. The van der Waals surface area contributed by atoms with Crippen LogP contribution in [0.2, 0.25) is 5.02 Å². The molecule has 1 fully saturated rings. The predicted molar refractivity (Wildman–Crippen MR) is 88.7 cm³/mol. The minimum atomic E-state index is 0.129. The van der Waals surface area contributed by atoms with Crippen molar-refractivity contribution >= 4 is 17.3 Å². The van der Waals surface area contributed by atoms with Gasteiger partial charge in [0.05, 0.1) is 0 Å². The lowest BCUT2D eigenvalue weighted by Gasteiger charge is -2.28. The third kappa shape index (κ3) is 4.68. The van der Waals surface area contributed by atoms with Gasteiger partial charge >= 0.3 is 0 Å². The molecular formula is C17H27ClN2. The van der Waals surface area contributed by atoms with Crippen LogP contribution in [0.3, 0.4) is 0 Å². The molecule has 0 amide bonds. The van der Waals surface area contributed by atoms with Gasteiger partial charge in [0.1, 0.15) is 0 Å². The summed E-state index contributed by atoms with van der Waals surface area (Å²) in [6, 6.07) is 6.27. The molecular weight excluding hydrogens is 268 g/mol. The molecule has 2 rings (SSSR count). The van der Waals surface area contributed by atoms with Gasteiger partial charge in [-0.25, -0.2) is 0 Å². The maximum absolute atomic E-state index is 6.21. The first-order valence-electron chi connectivity index (χ1n) is 7.67. The highest BCUT2D eigenvalue weighted by Gasteiger charge is 2.25. The molecule has 3 heteroatoms. The first-order chi connectivity index (χ1) is 9.39. The van der Waals surface area contributed by atoms with Gasteiger partial charge in [-0.3, -0.25) is 0 Å². The number of hydrogen-bond donors (Lipinski definition) is 1. The van der Waals surface area contributed by atoms with Crippen LogP contribution < -0.4 is 10.2 Å². The van der Waals surface area contributed by atoms with Crippen LogP contribution in [0.25, 0.3) is 0 Å². The van der Waals surface area contributed by atoms with E-state index in [4.69, 9.17) is 11.6 Å². The summed E-state index contributed by atoms with van der Waals surface area (Å²) in [5, 5.41) is 4.40. The Kier molecular flexibility index (Phi) is 4.98. The molecule has 0 bridgehead atoms. The average molecular weight is 295 g/mol. The number of rotatable bonds is 6. The summed E-state index contributed by atoms with van der Waals surface area (Å²) in [5.41, 5.74) is 2.76. The highest BCUT2D eigenvalue weighted by atomic mass is 35.5. The molecule has 112 valence electrons. The minimum absolute atomic E-state index is 0.129. The zero-order valence-electron chi connectivity index (χ0n) is 13.2. The molecule has 2 nitrogen and oxygen atoms in total. The monoisotopic (exact) mass is 294 g/mol. The SMILES string of the molecule is CCN(CC1CC1)c1cc(Cl)ccc1CNC(C)(C)C. The van der Waals surface area contributed by atoms with Crippen LogP contribution in [0.5, 0.6) is 0 Å². The summed E-state index contributed by atoms with van der Waals surface area (Å²) in [6.45, 7) is 11.9. The van der Waals surface area contributed by atoms with Gasteiger partial charge in [0, 0.05) is 35.9 Å². The van der Waals surface area contributed by atoms with Gasteiger partial charge < -0.3 is 10.2 Å². The average Bonchev–Trinajstić information content (AvgIpc) is 3.17. The van der Waals surface area contributed by atoms with Crippen LogP contribution in [0.1, 0.15) is 46.1 Å². The molecule has 0 unspecified atom stereocenters. The first-order valence-corrected chi connectivity index (χ1v) is 8.05. The van der Waals surface area contributed by atoms with Gasteiger partial charge in [-0.05, 0) is 64.2 Å². The second kappa shape index (κ2) is 6.36. The summed E-state index contributed by atoms with van der Waals surface area (Å²) >= 11 is 6.21.